The van der Waals surface area contributed by atoms with Gasteiger partial charge in [-0.05, 0) is 75.9 Å². The van der Waals surface area contributed by atoms with Crippen LogP contribution in [-0.4, -0.2) is 41.6 Å². The Morgan fingerprint density at radius 3 is 2.63 bits per heavy atom. The van der Waals surface area contributed by atoms with Crippen molar-refractivity contribution in [3.63, 3.8) is 0 Å². The Bertz CT molecular complexity index is 1060. The van der Waals surface area contributed by atoms with Crippen LogP contribution in [0.3, 0.4) is 0 Å². The molecule has 0 atom stereocenters. The van der Waals surface area contributed by atoms with Gasteiger partial charge in [0.05, 0.1) is 13.2 Å². The van der Waals surface area contributed by atoms with E-state index in [0.717, 1.165) is 22.6 Å². The summed E-state index contributed by atoms with van der Waals surface area (Å²) in [4.78, 5) is 38.1. The van der Waals surface area contributed by atoms with Crippen LogP contribution in [0.2, 0.25) is 0 Å². The Morgan fingerprint density at radius 1 is 1.11 bits per heavy atom. The average Bonchev–Trinajstić information content (AvgIpc) is 2.80. The number of carbonyl (C=O) groups is 3. The lowest BCUT2D eigenvalue weighted by Gasteiger charge is -2.27. The summed E-state index contributed by atoms with van der Waals surface area (Å²) in [6.45, 7) is 8.63. The molecule has 0 saturated carbocycles. The molecule has 0 fully saturated rings. The normalized spacial score (nSPS) is 12.9. The quantitative estimate of drug-likeness (QED) is 0.484. The van der Waals surface area contributed by atoms with E-state index in [4.69, 9.17) is 9.47 Å². The van der Waals surface area contributed by atoms with Crippen molar-refractivity contribution in [2.75, 3.05) is 23.8 Å². The molecule has 1 aliphatic rings. The lowest BCUT2D eigenvalue weighted by molar-refractivity contribution is -0.117. The Kier molecular flexibility index (Phi) is 8.73. The fraction of sp³-hybridized carbons (Fsp3) is 0.444. The number of rotatable bonds is 9. The standard InChI is InChI=1S/C27H35N3O5/c1-5-30(26(33)35-27(2,3)4)18-20-9-6-7-10-22(20)28-24(31)11-8-16-34-21-13-14-23-19(17-21)12-15-25(32)29-23/h6-7,9-10,13-14,17H,5,8,11-12,15-16,18H2,1-4H3,(H,28,31)(H,29,32). The summed E-state index contributed by atoms with van der Waals surface area (Å²) in [6.07, 6.45) is 1.65. The van der Waals surface area contributed by atoms with Gasteiger partial charge >= 0.3 is 6.09 Å². The number of para-hydroxylation sites is 1. The van der Waals surface area contributed by atoms with Crippen molar-refractivity contribution >= 4 is 29.3 Å². The molecular formula is C27H35N3O5. The van der Waals surface area contributed by atoms with Gasteiger partial charge in [-0.3, -0.25) is 9.59 Å². The predicted molar refractivity (Wildman–Crippen MR) is 136 cm³/mol. The maximum absolute atomic E-state index is 12.6. The molecule has 3 rings (SSSR count). The molecule has 0 spiro atoms. The summed E-state index contributed by atoms with van der Waals surface area (Å²) in [7, 11) is 0. The number of benzene rings is 2. The van der Waals surface area contributed by atoms with Crippen LogP contribution in [0.1, 0.15) is 58.1 Å². The van der Waals surface area contributed by atoms with Gasteiger partial charge in [0.2, 0.25) is 11.8 Å². The zero-order valence-corrected chi connectivity index (χ0v) is 21.0. The number of carbonyl (C=O) groups excluding carboxylic acids is 3. The number of nitrogens with one attached hydrogen (secondary N) is 2. The highest BCUT2D eigenvalue weighted by Crippen LogP contribution is 2.27. The number of ether oxygens (including phenoxy) is 2. The van der Waals surface area contributed by atoms with Gasteiger partial charge in [0, 0.05) is 30.8 Å². The lowest BCUT2D eigenvalue weighted by atomic mass is 10.0. The number of fused-ring (bicyclic) bond motifs is 1. The molecule has 2 aromatic rings. The summed E-state index contributed by atoms with van der Waals surface area (Å²) in [5.74, 6) is 0.646. The number of nitrogens with zero attached hydrogens (tertiary/aromatic N) is 1. The van der Waals surface area contributed by atoms with Crippen molar-refractivity contribution in [2.24, 2.45) is 0 Å². The van der Waals surface area contributed by atoms with E-state index in [0.29, 0.717) is 51.1 Å². The number of hydrogen-bond acceptors (Lipinski definition) is 5. The molecule has 0 bridgehead atoms. The zero-order valence-electron chi connectivity index (χ0n) is 21.0. The minimum atomic E-state index is -0.574. The third-order valence-electron chi connectivity index (χ3n) is 5.48. The predicted octanol–water partition coefficient (Wildman–Crippen LogP) is 5.13. The highest BCUT2D eigenvalue weighted by molar-refractivity contribution is 5.94. The van der Waals surface area contributed by atoms with E-state index in [1.165, 1.54) is 0 Å². The van der Waals surface area contributed by atoms with Crippen molar-refractivity contribution in [1.82, 2.24) is 4.90 Å². The first-order chi connectivity index (χ1) is 16.6. The average molecular weight is 482 g/mol. The summed E-state index contributed by atoms with van der Waals surface area (Å²) >= 11 is 0. The molecule has 2 aromatic carbocycles. The van der Waals surface area contributed by atoms with Crippen LogP contribution in [0, 0.1) is 0 Å². The maximum Gasteiger partial charge on any atom is 0.410 e. The monoisotopic (exact) mass is 481 g/mol. The molecule has 35 heavy (non-hydrogen) atoms. The van der Waals surface area contributed by atoms with Crippen molar-refractivity contribution in [3.8, 4) is 5.75 Å². The molecule has 0 aliphatic carbocycles. The van der Waals surface area contributed by atoms with Crippen LogP contribution in [0.15, 0.2) is 42.5 Å². The van der Waals surface area contributed by atoms with Crippen LogP contribution < -0.4 is 15.4 Å². The topological polar surface area (TPSA) is 97.0 Å². The number of amides is 3. The Hall–Kier alpha value is -3.55. The first kappa shape index (κ1) is 26.1. The molecule has 188 valence electrons. The third kappa shape index (κ3) is 8.02. The van der Waals surface area contributed by atoms with E-state index in [1.54, 1.807) is 4.90 Å². The van der Waals surface area contributed by atoms with Gasteiger partial charge in [0.1, 0.15) is 11.4 Å². The third-order valence-corrected chi connectivity index (χ3v) is 5.48. The first-order valence-corrected chi connectivity index (χ1v) is 12.1. The van der Waals surface area contributed by atoms with Crippen LogP contribution in [0.5, 0.6) is 5.75 Å². The molecule has 1 aliphatic heterocycles. The first-order valence-electron chi connectivity index (χ1n) is 12.1. The van der Waals surface area contributed by atoms with E-state index in [-0.39, 0.29) is 17.9 Å². The number of aryl methyl sites for hydroxylation is 1. The van der Waals surface area contributed by atoms with Crippen molar-refractivity contribution < 1.29 is 23.9 Å². The lowest BCUT2D eigenvalue weighted by Crippen LogP contribution is -2.36. The van der Waals surface area contributed by atoms with E-state index >= 15 is 0 Å². The van der Waals surface area contributed by atoms with Gasteiger partial charge in [0.15, 0.2) is 0 Å². The molecule has 0 radical (unpaired) electrons. The zero-order chi connectivity index (χ0) is 25.4. The van der Waals surface area contributed by atoms with Crippen LogP contribution in [0.4, 0.5) is 16.2 Å². The minimum absolute atomic E-state index is 0.0333. The fourth-order valence-corrected chi connectivity index (χ4v) is 3.70. The Morgan fingerprint density at radius 2 is 1.89 bits per heavy atom. The second-order valence-corrected chi connectivity index (χ2v) is 9.52. The number of hydrogen-bond donors (Lipinski definition) is 2. The van der Waals surface area contributed by atoms with E-state index in [2.05, 4.69) is 10.6 Å². The fourth-order valence-electron chi connectivity index (χ4n) is 3.70. The molecule has 1 heterocycles. The molecule has 3 amide bonds. The molecule has 8 heteroatoms. The molecule has 8 nitrogen and oxygen atoms in total. The second kappa shape index (κ2) is 11.7. The van der Waals surface area contributed by atoms with E-state index in [1.807, 2.05) is 70.2 Å². The molecule has 0 saturated heterocycles. The van der Waals surface area contributed by atoms with E-state index < -0.39 is 5.60 Å². The van der Waals surface area contributed by atoms with E-state index in [9.17, 15) is 14.4 Å². The second-order valence-electron chi connectivity index (χ2n) is 9.52. The summed E-state index contributed by atoms with van der Waals surface area (Å²) in [5, 5.41) is 5.81. The van der Waals surface area contributed by atoms with Crippen molar-refractivity contribution in [3.05, 3.63) is 53.6 Å². The van der Waals surface area contributed by atoms with Crippen LogP contribution >= 0.6 is 0 Å². The van der Waals surface area contributed by atoms with Crippen molar-refractivity contribution in [2.45, 2.75) is 65.5 Å². The van der Waals surface area contributed by atoms with Gasteiger partial charge in [-0.1, -0.05) is 18.2 Å². The van der Waals surface area contributed by atoms with Gasteiger partial charge < -0.3 is 25.0 Å². The Labute approximate surface area is 207 Å². The summed E-state index contributed by atoms with van der Waals surface area (Å²) < 4.78 is 11.3. The molecule has 0 unspecified atom stereocenters. The molecule has 2 N–H and O–H groups in total. The van der Waals surface area contributed by atoms with Crippen LogP contribution in [-0.2, 0) is 27.3 Å². The Balaban J connectivity index is 1.49. The van der Waals surface area contributed by atoms with Gasteiger partial charge in [-0.15, -0.1) is 0 Å². The molecular weight excluding hydrogens is 446 g/mol. The van der Waals surface area contributed by atoms with Gasteiger partial charge in [-0.25, -0.2) is 4.79 Å². The largest absolute Gasteiger partial charge is 0.494 e. The maximum atomic E-state index is 12.6. The minimum Gasteiger partial charge on any atom is -0.494 e. The van der Waals surface area contributed by atoms with Gasteiger partial charge in [-0.2, -0.15) is 0 Å². The molecule has 0 aromatic heterocycles. The highest BCUT2D eigenvalue weighted by Gasteiger charge is 2.22. The summed E-state index contributed by atoms with van der Waals surface area (Å²) in [6, 6.07) is 13.1. The van der Waals surface area contributed by atoms with Crippen LogP contribution in [0.25, 0.3) is 0 Å². The SMILES string of the molecule is CCN(Cc1ccccc1NC(=O)CCCOc1ccc2c(c1)CCC(=O)N2)C(=O)OC(C)(C)C. The summed E-state index contributed by atoms with van der Waals surface area (Å²) in [5.41, 5.74) is 2.84. The smallest absolute Gasteiger partial charge is 0.410 e. The highest BCUT2D eigenvalue weighted by atomic mass is 16.6. The number of anilines is 2. The van der Waals surface area contributed by atoms with Gasteiger partial charge in [0.25, 0.3) is 0 Å². The van der Waals surface area contributed by atoms with Crippen molar-refractivity contribution in [1.29, 1.82) is 0 Å².